The SMILES string of the molecule is O=C(O)[C@H]1CN(C(=O)CC2CC3CCC2C3)C[C@@H]1C1CC1. The van der Waals surface area contributed by atoms with Crippen molar-refractivity contribution in [2.24, 2.45) is 35.5 Å². The maximum atomic E-state index is 12.6. The Morgan fingerprint density at radius 2 is 1.76 bits per heavy atom. The summed E-state index contributed by atoms with van der Waals surface area (Å²) < 4.78 is 0. The topological polar surface area (TPSA) is 57.6 Å². The molecule has 4 heteroatoms. The molecule has 4 fully saturated rings. The number of rotatable bonds is 4. The van der Waals surface area contributed by atoms with Crippen LogP contribution in [0.5, 0.6) is 0 Å². The molecular weight excluding hydrogens is 266 g/mol. The molecule has 0 spiro atoms. The molecule has 1 saturated heterocycles. The Labute approximate surface area is 125 Å². The number of fused-ring (bicyclic) bond motifs is 2. The molecule has 0 radical (unpaired) electrons. The first-order valence-corrected chi connectivity index (χ1v) is 8.62. The van der Waals surface area contributed by atoms with E-state index in [2.05, 4.69) is 0 Å². The minimum atomic E-state index is -0.706. The summed E-state index contributed by atoms with van der Waals surface area (Å²) in [6.07, 6.45) is 8.23. The third-order valence-electron chi connectivity index (χ3n) is 6.58. The van der Waals surface area contributed by atoms with Crippen LogP contribution >= 0.6 is 0 Å². The Hall–Kier alpha value is -1.06. The predicted octanol–water partition coefficient (Wildman–Crippen LogP) is 2.38. The Morgan fingerprint density at radius 1 is 1.00 bits per heavy atom. The van der Waals surface area contributed by atoms with E-state index in [1.165, 1.54) is 25.7 Å². The molecule has 0 aromatic heterocycles. The smallest absolute Gasteiger partial charge is 0.308 e. The fourth-order valence-electron chi connectivity index (χ4n) is 5.28. The molecule has 1 aliphatic heterocycles. The third-order valence-corrected chi connectivity index (χ3v) is 6.58. The zero-order valence-corrected chi connectivity index (χ0v) is 12.5. The highest BCUT2D eigenvalue weighted by Gasteiger charge is 2.47. The zero-order valence-electron chi connectivity index (χ0n) is 12.5. The number of amides is 1. The molecule has 3 saturated carbocycles. The van der Waals surface area contributed by atoms with Gasteiger partial charge in [0.15, 0.2) is 0 Å². The van der Waals surface area contributed by atoms with Gasteiger partial charge in [-0.2, -0.15) is 0 Å². The first kappa shape index (κ1) is 13.6. The summed E-state index contributed by atoms with van der Waals surface area (Å²) in [6, 6.07) is 0. The number of hydrogen-bond donors (Lipinski definition) is 1. The molecule has 0 aromatic carbocycles. The van der Waals surface area contributed by atoms with Crippen molar-refractivity contribution in [1.29, 1.82) is 0 Å². The van der Waals surface area contributed by atoms with Crippen molar-refractivity contribution < 1.29 is 14.7 Å². The Balaban J connectivity index is 1.37. The van der Waals surface area contributed by atoms with Gasteiger partial charge in [0, 0.05) is 19.5 Å². The van der Waals surface area contributed by atoms with Gasteiger partial charge < -0.3 is 10.0 Å². The summed E-state index contributed by atoms with van der Waals surface area (Å²) in [5.74, 6) is 2.20. The number of carboxylic acid groups (broad SMARTS) is 1. The van der Waals surface area contributed by atoms with Crippen LogP contribution < -0.4 is 0 Å². The number of nitrogens with zero attached hydrogens (tertiary/aromatic N) is 1. The maximum absolute atomic E-state index is 12.6. The van der Waals surface area contributed by atoms with E-state index < -0.39 is 5.97 Å². The van der Waals surface area contributed by atoms with Crippen LogP contribution in [0.25, 0.3) is 0 Å². The van der Waals surface area contributed by atoms with Gasteiger partial charge in [0.25, 0.3) is 0 Å². The molecule has 1 N–H and O–H groups in total. The van der Waals surface area contributed by atoms with Crippen molar-refractivity contribution in [1.82, 2.24) is 4.90 Å². The lowest BCUT2D eigenvalue weighted by Crippen LogP contribution is -2.32. The molecule has 1 amide bonds. The fourth-order valence-corrected chi connectivity index (χ4v) is 5.28. The van der Waals surface area contributed by atoms with E-state index in [1.54, 1.807) is 0 Å². The van der Waals surface area contributed by atoms with Gasteiger partial charge in [-0.05, 0) is 61.7 Å². The second kappa shape index (κ2) is 4.99. The molecular formula is C17H25NO3. The summed E-state index contributed by atoms with van der Waals surface area (Å²) in [6.45, 7) is 1.15. The second-order valence-corrected chi connectivity index (χ2v) is 7.88. The third kappa shape index (κ3) is 2.47. The fraction of sp³-hybridized carbons (Fsp3) is 0.882. The van der Waals surface area contributed by atoms with Crippen LogP contribution in [0, 0.1) is 35.5 Å². The first-order valence-electron chi connectivity index (χ1n) is 8.62. The number of carbonyl (C=O) groups excluding carboxylic acids is 1. The van der Waals surface area contributed by atoms with Crippen molar-refractivity contribution in [2.45, 2.75) is 44.9 Å². The Kier molecular flexibility index (Phi) is 3.23. The van der Waals surface area contributed by atoms with E-state index in [1.807, 2.05) is 4.90 Å². The number of carboxylic acids is 1. The normalized spacial score (nSPS) is 41.7. The highest BCUT2D eigenvalue weighted by molar-refractivity contribution is 5.79. The highest BCUT2D eigenvalue weighted by atomic mass is 16.4. The Bertz CT molecular complexity index is 459. The van der Waals surface area contributed by atoms with Crippen LogP contribution in [0.15, 0.2) is 0 Å². The van der Waals surface area contributed by atoms with Crippen molar-refractivity contribution in [3.05, 3.63) is 0 Å². The predicted molar refractivity (Wildman–Crippen MR) is 77.5 cm³/mol. The van der Waals surface area contributed by atoms with Crippen LogP contribution in [0.4, 0.5) is 0 Å². The van der Waals surface area contributed by atoms with Gasteiger partial charge >= 0.3 is 5.97 Å². The number of aliphatic carboxylic acids is 1. The zero-order chi connectivity index (χ0) is 14.6. The monoisotopic (exact) mass is 291 g/mol. The molecule has 21 heavy (non-hydrogen) atoms. The van der Waals surface area contributed by atoms with E-state index in [9.17, 15) is 14.7 Å². The van der Waals surface area contributed by atoms with Gasteiger partial charge in [-0.15, -0.1) is 0 Å². The van der Waals surface area contributed by atoms with Crippen molar-refractivity contribution in [2.75, 3.05) is 13.1 Å². The van der Waals surface area contributed by atoms with E-state index in [4.69, 9.17) is 0 Å². The number of likely N-dealkylation sites (tertiary alicyclic amines) is 1. The maximum Gasteiger partial charge on any atom is 0.308 e. The van der Waals surface area contributed by atoms with Gasteiger partial charge in [0.2, 0.25) is 5.91 Å². The highest BCUT2D eigenvalue weighted by Crippen LogP contribution is 2.50. The van der Waals surface area contributed by atoms with Gasteiger partial charge in [-0.3, -0.25) is 9.59 Å². The van der Waals surface area contributed by atoms with Gasteiger partial charge in [0.1, 0.15) is 0 Å². The van der Waals surface area contributed by atoms with E-state index in [0.717, 1.165) is 24.7 Å². The molecule has 116 valence electrons. The lowest BCUT2D eigenvalue weighted by atomic mass is 9.86. The lowest BCUT2D eigenvalue weighted by Gasteiger charge is -2.24. The molecule has 4 aliphatic rings. The Morgan fingerprint density at radius 3 is 2.33 bits per heavy atom. The van der Waals surface area contributed by atoms with Gasteiger partial charge in [-0.1, -0.05) is 6.42 Å². The quantitative estimate of drug-likeness (QED) is 0.865. The van der Waals surface area contributed by atoms with E-state index in [-0.39, 0.29) is 17.7 Å². The molecule has 4 rings (SSSR count). The molecule has 3 aliphatic carbocycles. The largest absolute Gasteiger partial charge is 0.481 e. The van der Waals surface area contributed by atoms with E-state index >= 15 is 0 Å². The van der Waals surface area contributed by atoms with Crippen molar-refractivity contribution >= 4 is 11.9 Å². The van der Waals surface area contributed by atoms with Crippen LogP contribution in [0.2, 0.25) is 0 Å². The van der Waals surface area contributed by atoms with Crippen molar-refractivity contribution in [3.63, 3.8) is 0 Å². The summed E-state index contributed by atoms with van der Waals surface area (Å²) in [4.78, 5) is 25.9. The molecule has 3 unspecified atom stereocenters. The molecule has 1 heterocycles. The lowest BCUT2D eigenvalue weighted by molar-refractivity contribution is -0.142. The molecule has 2 bridgehead atoms. The first-order chi connectivity index (χ1) is 10.1. The van der Waals surface area contributed by atoms with Gasteiger partial charge in [-0.25, -0.2) is 0 Å². The summed E-state index contributed by atoms with van der Waals surface area (Å²) >= 11 is 0. The average molecular weight is 291 g/mol. The van der Waals surface area contributed by atoms with Crippen LogP contribution in [0.1, 0.15) is 44.9 Å². The van der Waals surface area contributed by atoms with Crippen LogP contribution in [0.3, 0.4) is 0 Å². The number of hydrogen-bond acceptors (Lipinski definition) is 2. The van der Waals surface area contributed by atoms with Crippen LogP contribution in [-0.4, -0.2) is 35.0 Å². The second-order valence-electron chi connectivity index (χ2n) is 7.88. The standard InChI is InChI=1S/C17H25NO3/c19-16(7-13-6-10-1-2-12(13)5-10)18-8-14(11-3-4-11)15(9-18)17(20)21/h10-15H,1-9H2,(H,20,21)/t10?,12?,13?,14-,15+/m1/s1. The minimum absolute atomic E-state index is 0.214. The minimum Gasteiger partial charge on any atom is -0.481 e. The number of carbonyl (C=O) groups is 2. The van der Waals surface area contributed by atoms with E-state index in [0.29, 0.717) is 31.3 Å². The molecule has 5 atom stereocenters. The summed E-state index contributed by atoms with van der Waals surface area (Å²) in [5.41, 5.74) is 0. The van der Waals surface area contributed by atoms with Crippen LogP contribution in [-0.2, 0) is 9.59 Å². The summed E-state index contributed by atoms with van der Waals surface area (Å²) in [7, 11) is 0. The average Bonchev–Trinajstić information content (AvgIpc) is 2.89. The van der Waals surface area contributed by atoms with Crippen molar-refractivity contribution in [3.8, 4) is 0 Å². The molecule has 0 aromatic rings. The molecule has 4 nitrogen and oxygen atoms in total. The van der Waals surface area contributed by atoms with Gasteiger partial charge in [0.05, 0.1) is 5.92 Å². The summed E-state index contributed by atoms with van der Waals surface area (Å²) in [5, 5.41) is 9.39.